The molecule has 1 saturated carbocycles. The highest BCUT2D eigenvalue weighted by atomic mass is 127. The highest BCUT2D eigenvalue weighted by molar-refractivity contribution is 14.1. The molecule has 0 bridgehead atoms. The van der Waals surface area contributed by atoms with Crippen molar-refractivity contribution >= 4 is 59.8 Å². The molecule has 2 aromatic carbocycles. The normalized spacial score (nSPS) is 17.7. The maximum atomic E-state index is 14.5. The first-order valence-electron chi connectivity index (χ1n) is 20.4. The van der Waals surface area contributed by atoms with Gasteiger partial charge in [-0.25, -0.2) is 10.2 Å². The Labute approximate surface area is 354 Å². The minimum atomic E-state index is -2.42. The van der Waals surface area contributed by atoms with Crippen LogP contribution in [0, 0.1) is 14.5 Å². The number of hydrogen-bond acceptors (Lipinski definition) is 8. The molecule has 2 atom stereocenters. The van der Waals surface area contributed by atoms with Crippen molar-refractivity contribution < 1.29 is 33.4 Å². The van der Waals surface area contributed by atoms with Gasteiger partial charge in [0.05, 0.1) is 10.8 Å². The maximum Gasteiger partial charge on any atom is 0.408 e. The van der Waals surface area contributed by atoms with E-state index >= 15 is 0 Å². The van der Waals surface area contributed by atoms with Gasteiger partial charge < -0.3 is 29.3 Å². The van der Waals surface area contributed by atoms with Crippen molar-refractivity contribution in [3.63, 3.8) is 0 Å². The number of esters is 1. The first kappa shape index (κ1) is 45.0. The van der Waals surface area contributed by atoms with E-state index < -0.39 is 38.1 Å². The number of nitrogens with one attached hydrogen (secondary N) is 3. The number of carbonyl (C=O) groups excluding carboxylic acids is 3. The summed E-state index contributed by atoms with van der Waals surface area (Å²) < 4.78 is 19.2. The number of fused-ring (bicyclic) bond motifs is 1. The second-order valence-electron chi connectivity index (χ2n) is 19.1. The number of aromatic nitrogens is 1. The lowest BCUT2D eigenvalue weighted by Gasteiger charge is -2.42. The van der Waals surface area contributed by atoms with Crippen molar-refractivity contribution in [3.05, 3.63) is 51.2 Å². The molecule has 1 aliphatic heterocycles. The van der Waals surface area contributed by atoms with E-state index in [9.17, 15) is 19.5 Å². The molecule has 2 amide bonds. The van der Waals surface area contributed by atoms with Crippen LogP contribution in [0.1, 0.15) is 107 Å². The number of H-pyrrole nitrogens is 1. The van der Waals surface area contributed by atoms with Crippen LogP contribution in [-0.2, 0) is 31.9 Å². The number of aliphatic hydroxyl groups excluding tert-OH is 1. The first-order chi connectivity index (χ1) is 26.5. The van der Waals surface area contributed by atoms with Gasteiger partial charge in [-0.1, -0.05) is 67.5 Å². The van der Waals surface area contributed by atoms with Gasteiger partial charge in [-0.2, -0.15) is 0 Å². The molecule has 4 N–H and O–H groups in total. The summed E-state index contributed by atoms with van der Waals surface area (Å²) in [5.74, 6) is -0.0362. The number of ether oxygens (including phenoxy) is 2. The minimum absolute atomic E-state index is 0.0692. The van der Waals surface area contributed by atoms with Crippen LogP contribution in [0.5, 0.6) is 5.75 Å². The van der Waals surface area contributed by atoms with Crippen molar-refractivity contribution in [2.75, 3.05) is 20.3 Å². The molecule has 314 valence electrons. The molecule has 11 nitrogen and oxygen atoms in total. The number of benzene rings is 2. The van der Waals surface area contributed by atoms with E-state index in [0.29, 0.717) is 36.0 Å². The molecule has 1 aromatic heterocycles. The van der Waals surface area contributed by atoms with E-state index in [1.54, 1.807) is 20.8 Å². The molecule has 3 aromatic rings. The Hall–Kier alpha value is -3.14. The summed E-state index contributed by atoms with van der Waals surface area (Å²) in [5, 5.41) is 15.6. The van der Waals surface area contributed by atoms with Crippen LogP contribution in [0.4, 0.5) is 4.79 Å². The molecule has 1 unspecified atom stereocenters. The van der Waals surface area contributed by atoms with Gasteiger partial charge in [0.25, 0.3) is 14.2 Å². The summed E-state index contributed by atoms with van der Waals surface area (Å²) in [6.45, 7) is 23.5. The largest absolute Gasteiger partial charge is 0.543 e. The molecule has 57 heavy (non-hydrogen) atoms. The molecule has 5 rings (SSSR count). The highest BCUT2D eigenvalue weighted by Crippen LogP contribution is 2.53. The molecule has 13 heteroatoms. The van der Waals surface area contributed by atoms with Crippen molar-refractivity contribution in [3.8, 4) is 16.9 Å². The summed E-state index contributed by atoms with van der Waals surface area (Å²) in [5.41, 5.74) is 7.75. The van der Waals surface area contributed by atoms with E-state index in [1.807, 2.05) is 6.07 Å². The number of methoxy groups -OCH3 is 1. The Kier molecular flexibility index (Phi) is 13.6. The SMILES string of the molecule is COC(=O)C1NN(C(=O)[C@H](Cc2cc(O[Si](C(C)C)(C(C)C)C(C)C)cc(-c3ccc4[nH]c(I)c(CC(C)(C)CO)c4c3)c2)NC(=O)OC(C)(C)C)CCC12CC2. The molecular weight excluding hydrogens is 851 g/mol. The fourth-order valence-corrected chi connectivity index (χ4v) is 14.9. The van der Waals surface area contributed by atoms with Crippen LogP contribution in [-0.4, -0.2) is 79.3 Å². The summed E-state index contributed by atoms with van der Waals surface area (Å²) in [6.07, 6.45) is 2.58. The number of hydrazine groups is 1. The fraction of sp³-hybridized carbons (Fsp3) is 0.614. The molecule has 1 aliphatic carbocycles. The number of hydrogen-bond donors (Lipinski definition) is 4. The number of aromatic amines is 1. The maximum absolute atomic E-state index is 14.5. The van der Waals surface area contributed by atoms with Crippen molar-refractivity contribution in [1.82, 2.24) is 20.7 Å². The third-order valence-electron chi connectivity index (χ3n) is 12.0. The molecule has 2 aliphatic rings. The summed E-state index contributed by atoms with van der Waals surface area (Å²) in [6, 6.07) is 10.9. The van der Waals surface area contributed by atoms with Gasteiger partial charge in [0.2, 0.25) is 0 Å². The zero-order valence-corrected chi connectivity index (χ0v) is 39.2. The average molecular weight is 917 g/mol. The third-order valence-corrected chi connectivity index (χ3v) is 18.9. The second kappa shape index (κ2) is 17.2. The minimum Gasteiger partial charge on any atom is -0.543 e. The van der Waals surface area contributed by atoms with E-state index in [2.05, 4.69) is 124 Å². The Morgan fingerprint density at radius 1 is 0.965 bits per heavy atom. The lowest BCUT2D eigenvalue weighted by atomic mass is 9.86. The fourth-order valence-electron chi connectivity index (χ4n) is 8.87. The van der Waals surface area contributed by atoms with E-state index in [1.165, 1.54) is 12.1 Å². The summed E-state index contributed by atoms with van der Waals surface area (Å²) in [7, 11) is -1.05. The van der Waals surface area contributed by atoms with Gasteiger partial charge in [-0.05, 0) is 143 Å². The molecule has 2 heterocycles. The smallest absolute Gasteiger partial charge is 0.408 e. The predicted octanol–water partition coefficient (Wildman–Crippen LogP) is 9.05. The van der Waals surface area contributed by atoms with Gasteiger partial charge in [0, 0.05) is 30.5 Å². The van der Waals surface area contributed by atoms with Crippen molar-refractivity contribution in [2.45, 2.75) is 143 Å². The second-order valence-corrected chi connectivity index (χ2v) is 25.5. The van der Waals surface area contributed by atoms with E-state index in [4.69, 9.17) is 13.9 Å². The Balaban J connectivity index is 1.61. The number of rotatable bonds is 14. The van der Waals surface area contributed by atoms with Crippen LogP contribution in [0.2, 0.25) is 16.6 Å². The lowest BCUT2D eigenvalue weighted by molar-refractivity contribution is -0.154. The van der Waals surface area contributed by atoms with Gasteiger partial charge in [-0.3, -0.25) is 14.6 Å². The van der Waals surface area contributed by atoms with Crippen LogP contribution in [0.15, 0.2) is 36.4 Å². The van der Waals surface area contributed by atoms with Gasteiger partial charge in [-0.15, -0.1) is 0 Å². The zero-order chi connectivity index (χ0) is 42.2. The van der Waals surface area contributed by atoms with E-state index in [-0.39, 0.29) is 29.8 Å². The number of nitrogens with zero attached hydrogens (tertiary/aromatic N) is 1. The highest BCUT2D eigenvalue weighted by Gasteiger charge is 2.56. The topological polar surface area (TPSA) is 142 Å². The first-order valence-corrected chi connectivity index (χ1v) is 23.7. The Morgan fingerprint density at radius 2 is 1.61 bits per heavy atom. The van der Waals surface area contributed by atoms with Crippen molar-refractivity contribution in [2.24, 2.45) is 10.8 Å². The number of carbonyl (C=O) groups is 3. The Bertz CT molecular complexity index is 1930. The van der Waals surface area contributed by atoms with Gasteiger partial charge in [0.1, 0.15) is 23.4 Å². The number of halogens is 1. The van der Waals surface area contributed by atoms with Crippen LogP contribution >= 0.6 is 22.6 Å². The van der Waals surface area contributed by atoms with Crippen molar-refractivity contribution in [1.29, 1.82) is 0 Å². The molecule has 1 spiro atoms. The molecular formula is C44H65IN4O7Si. The van der Waals surface area contributed by atoms with Crippen LogP contribution in [0.3, 0.4) is 0 Å². The predicted molar refractivity (Wildman–Crippen MR) is 236 cm³/mol. The quantitative estimate of drug-likeness (QED) is 0.0714. The number of amides is 2. The van der Waals surface area contributed by atoms with Crippen LogP contribution in [0.25, 0.3) is 22.0 Å². The monoisotopic (exact) mass is 916 g/mol. The van der Waals surface area contributed by atoms with E-state index in [0.717, 1.165) is 55.4 Å². The molecule has 2 fully saturated rings. The summed E-state index contributed by atoms with van der Waals surface area (Å²) >= 11 is 2.34. The average Bonchev–Trinajstić information content (AvgIpc) is 3.83. The Morgan fingerprint density at radius 3 is 2.18 bits per heavy atom. The standard InChI is InChI=1S/C44H65IN4O7Si/c1-26(2)57(27(3)4,28(5)6)56-32-20-29(19-31(22-32)30-13-14-35-33(23-30)34(38(45)46-35)24-43(10,11)25-50)21-36(47-41(53)55-42(7,8)9)39(51)49-18-17-44(15-16-44)37(48-49)40(52)54-12/h13-14,19-20,22-23,26-28,36-37,46,48,50H,15-18,21,24-25H2,1-12H3,(H,47,53)/t36-,37?/m0/s1. The third kappa shape index (κ3) is 10.0. The van der Waals surface area contributed by atoms with Gasteiger partial charge in [0.15, 0.2) is 0 Å². The van der Waals surface area contributed by atoms with Gasteiger partial charge >= 0.3 is 12.1 Å². The lowest BCUT2D eigenvalue weighted by Crippen LogP contribution is -2.63. The zero-order valence-electron chi connectivity index (χ0n) is 36.0. The number of aliphatic hydroxyl groups is 1. The molecule has 0 radical (unpaired) electrons. The molecule has 1 saturated heterocycles. The van der Waals surface area contributed by atoms with Crippen LogP contribution < -0.4 is 15.2 Å². The number of alkyl carbamates (subject to hydrolysis) is 1. The summed E-state index contributed by atoms with van der Waals surface area (Å²) in [4.78, 5) is 44.4.